The molecule has 2 aromatic rings. The van der Waals surface area contributed by atoms with Crippen LogP contribution >= 0.6 is 0 Å². The molecule has 0 unspecified atom stereocenters. The molecule has 8 heteroatoms. The van der Waals surface area contributed by atoms with Gasteiger partial charge >= 0.3 is 0 Å². The number of aromatic amines is 1. The predicted octanol–water partition coefficient (Wildman–Crippen LogP) is 1.78. The summed E-state index contributed by atoms with van der Waals surface area (Å²) in [5.41, 5.74) is 3.66. The summed E-state index contributed by atoms with van der Waals surface area (Å²) in [5.74, 6) is 0.617. The van der Waals surface area contributed by atoms with Gasteiger partial charge in [-0.15, -0.1) is 0 Å². The van der Waals surface area contributed by atoms with Crippen molar-refractivity contribution in [3.63, 3.8) is 0 Å². The van der Waals surface area contributed by atoms with Crippen molar-refractivity contribution >= 4 is 26.7 Å². The Hall–Kier alpha value is -2.06. The minimum Gasteiger partial charge on any atom is -0.381 e. The zero-order valence-corrected chi connectivity index (χ0v) is 17.7. The Balaban J connectivity index is 1.59. The molecule has 1 aromatic carbocycles. The molecule has 7 nitrogen and oxygen atoms in total. The van der Waals surface area contributed by atoms with Crippen molar-refractivity contribution in [2.75, 3.05) is 39.6 Å². The van der Waals surface area contributed by atoms with Gasteiger partial charge in [-0.1, -0.05) is 12.1 Å². The number of ether oxygens (including phenoxy) is 1. The highest BCUT2D eigenvalue weighted by Gasteiger charge is 2.42. The number of rotatable bonds is 6. The number of hydrogen-bond acceptors (Lipinski definition) is 4. The Labute approximate surface area is 166 Å². The van der Waals surface area contributed by atoms with E-state index in [2.05, 4.69) is 51.9 Å². The van der Waals surface area contributed by atoms with Crippen molar-refractivity contribution in [2.24, 2.45) is 4.99 Å². The molecule has 154 valence electrons. The molecular formula is C20H30N4O3S. The lowest BCUT2D eigenvalue weighted by atomic mass is 9.99. The van der Waals surface area contributed by atoms with Crippen LogP contribution in [0.1, 0.15) is 24.0 Å². The van der Waals surface area contributed by atoms with Gasteiger partial charge in [-0.25, -0.2) is 8.42 Å². The fourth-order valence-electron chi connectivity index (χ4n) is 3.85. The second kappa shape index (κ2) is 8.53. The zero-order valence-electron chi connectivity index (χ0n) is 16.8. The maximum absolute atomic E-state index is 12.4. The molecule has 0 bridgehead atoms. The summed E-state index contributed by atoms with van der Waals surface area (Å²) in [6, 6.07) is 6.25. The van der Waals surface area contributed by atoms with Crippen molar-refractivity contribution in [1.29, 1.82) is 0 Å². The quantitative estimate of drug-likeness (QED) is 0.502. The largest absolute Gasteiger partial charge is 0.381 e. The summed E-state index contributed by atoms with van der Waals surface area (Å²) in [7, 11) is -1.51. The Kier molecular flexibility index (Phi) is 6.30. The Morgan fingerprint density at radius 3 is 2.71 bits per heavy atom. The van der Waals surface area contributed by atoms with E-state index in [1.54, 1.807) is 7.05 Å². The number of nitrogens with one attached hydrogen (secondary N) is 3. The average Bonchev–Trinajstić information content (AvgIpc) is 3.09. The molecule has 0 saturated carbocycles. The first-order chi connectivity index (χ1) is 13.4. The van der Waals surface area contributed by atoms with E-state index >= 15 is 0 Å². The van der Waals surface area contributed by atoms with Gasteiger partial charge in [-0.05, 0) is 43.4 Å². The number of nitrogens with zero attached hydrogens (tertiary/aromatic N) is 1. The lowest BCUT2D eigenvalue weighted by Gasteiger charge is -2.35. The molecule has 1 saturated heterocycles. The van der Waals surface area contributed by atoms with E-state index in [4.69, 9.17) is 4.74 Å². The molecule has 1 aliphatic heterocycles. The Morgan fingerprint density at radius 2 is 2.04 bits per heavy atom. The number of benzene rings is 1. The number of aryl methyl sites for hydroxylation is 1. The van der Waals surface area contributed by atoms with E-state index < -0.39 is 14.6 Å². The highest BCUT2D eigenvalue weighted by Crippen LogP contribution is 2.28. The van der Waals surface area contributed by atoms with Gasteiger partial charge in [0.2, 0.25) is 0 Å². The summed E-state index contributed by atoms with van der Waals surface area (Å²) < 4.78 is 29.3. The summed E-state index contributed by atoms with van der Waals surface area (Å²) in [6.45, 7) is 4.10. The summed E-state index contributed by atoms with van der Waals surface area (Å²) in [5, 5.41) is 7.78. The lowest BCUT2D eigenvalue weighted by Crippen LogP contribution is -2.53. The van der Waals surface area contributed by atoms with Crippen molar-refractivity contribution in [1.82, 2.24) is 15.6 Å². The van der Waals surface area contributed by atoms with Gasteiger partial charge in [0.25, 0.3) is 0 Å². The fraction of sp³-hybridized carbons (Fsp3) is 0.550. The molecular weight excluding hydrogens is 376 g/mol. The summed E-state index contributed by atoms with van der Waals surface area (Å²) >= 11 is 0. The molecule has 0 radical (unpaired) electrons. The lowest BCUT2D eigenvalue weighted by molar-refractivity contribution is 0.0756. The first kappa shape index (κ1) is 20.7. The normalized spacial score (nSPS) is 17.6. The highest BCUT2D eigenvalue weighted by atomic mass is 32.2. The first-order valence-electron chi connectivity index (χ1n) is 9.64. The number of hydrogen-bond donors (Lipinski definition) is 3. The molecule has 2 heterocycles. The minimum absolute atomic E-state index is 0.334. The fourth-order valence-corrected chi connectivity index (χ4v) is 5.09. The van der Waals surface area contributed by atoms with Crippen LogP contribution < -0.4 is 10.6 Å². The van der Waals surface area contributed by atoms with Crippen LogP contribution in [-0.4, -0.2) is 63.7 Å². The molecule has 1 fully saturated rings. The number of fused-ring (bicyclic) bond motifs is 1. The van der Waals surface area contributed by atoms with Crippen molar-refractivity contribution in [3.8, 4) is 0 Å². The molecule has 0 spiro atoms. The van der Waals surface area contributed by atoms with E-state index in [0.29, 0.717) is 45.1 Å². The van der Waals surface area contributed by atoms with Gasteiger partial charge in [0.05, 0.1) is 4.75 Å². The average molecular weight is 407 g/mol. The second-order valence-corrected chi connectivity index (χ2v) is 9.89. The van der Waals surface area contributed by atoms with Crippen molar-refractivity contribution in [3.05, 3.63) is 35.5 Å². The third kappa shape index (κ3) is 4.33. The molecule has 0 aliphatic carbocycles. The number of aliphatic imine (C=N–C) groups is 1. The minimum atomic E-state index is -3.21. The summed E-state index contributed by atoms with van der Waals surface area (Å²) in [4.78, 5) is 7.56. The Bertz CT molecular complexity index is 944. The first-order valence-corrected chi connectivity index (χ1v) is 11.5. The molecule has 28 heavy (non-hydrogen) atoms. The molecule has 0 atom stereocenters. The maximum atomic E-state index is 12.4. The van der Waals surface area contributed by atoms with Gasteiger partial charge in [-0.2, -0.15) is 0 Å². The van der Waals surface area contributed by atoms with E-state index in [0.717, 1.165) is 11.9 Å². The van der Waals surface area contributed by atoms with Crippen LogP contribution in [0.25, 0.3) is 10.9 Å². The topological polar surface area (TPSA) is 95.6 Å². The van der Waals surface area contributed by atoms with E-state index in [9.17, 15) is 8.42 Å². The van der Waals surface area contributed by atoms with Crippen LogP contribution in [0.5, 0.6) is 0 Å². The SMILES string of the molecule is CN=C(NCCc1c[nH]c2cccc(C)c12)NCC1(S(C)(=O)=O)CCOCC1. The second-order valence-electron chi connectivity index (χ2n) is 7.48. The van der Waals surface area contributed by atoms with Gasteiger partial charge in [-0.3, -0.25) is 4.99 Å². The van der Waals surface area contributed by atoms with E-state index in [1.165, 1.54) is 22.8 Å². The highest BCUT2D eigenvalue weighted by molar-refractivity contribution is 7.92. The molecule has 3 rings (SSSR count). The third-order valence-corrected chi connectivity index (χ3v) is 7.80. The van der Waals surface area contributed by atoms with Gasteiger partial charge < -0.3 is 20.4 Å². The van der Waals surface area contributed by atoms with Crippen LogP contribution in [0.2, 0.25) is 0 Å². The number of sulfone groups is 1. The van der Waals surface area contributed by atoms with Crippen LogP contribution in [0.15, 0.2) is 29.4 Å². The number of aromatic nitrogens is 1. The van der Waals surface area contributed by atoms with Crippen LogP contribution in [-0.2, 0) is 21.0 Å². The van der Waals surface area contributed by atoms with Crippen molar-refractivity contribution in [2.45, 2.75) is 30.9 Å². The van der Waals surface area contributed by atoms with E-state index in [-0.39, 0.29) is 0 Å². The standard InChI is InChI=1S/C20H30N4O3S/c1-15-5-4-6-17-18(15)16(13-23-17)7-10-22-19(21-2)24-14-20(28(3,25)26)8-11-27-12-9-20/h4-6,13,23H,7-12,14H2,1-3H3,(H2,21,22,24). The molecule has 1 aliphatic rings. The van der Waals surface area contributed by atoms with Crippen LogP contribution in [0.3, 0.4) is 0 Å². The number of H-pyrrole nitrogens is 1. The third-order valence-electron chi connectivity index (χ3n) is 5.67. The number of guanidine groups is 1. The van der Waals surface area contributed by atoms with Crippen molar-refractivity contribution < 1.29 is 13.2 Å². The molecule has 1 aromatic heterocycles. The van der Waals surface area contributed by atoms with E-state index in [1.807, 2.05) is 0 Å². The predicted molar refractivity (Wildman–Crippen MR) is 114 cm³/mol. The Morgan fingerprint density at radius 1 is 1.29 bits per heavy atom. The van der Waals surface area contributed by atoms with Gasteiger partial charge in [0.15, 0.2) is 15.8 Å². The maximum Gasteiger partial charge on any atom is 0.191 e. The zero-order chi connectivity index (χ0) is 20.2. The van der Waals surface area contributed by atoms with Gasteiger partial charge in [0, 0.05) is 56.7 Å². The monoisotopic (exact) mass is 406 g/mol. The van der Waals surface area contributed by atoms with Gasteiger partial charge in [0.1, 0.15) is 0 Å². The van der Waals surface area contributed by atoms with Crippen LogP contribution in [0.4, 0.5) is 0 Å². The molecule has 3 N–H and O–H groups in total. The van der Waals surface area contributed by atoms with Crippen LogP contribution in [0, 0.1) is 6.92 Å². The smallest absolute Gasteiger partial charge is 0.191 e. The molecule has 0 amide bonds. The summed E-state index contributed by atoms with van der Waals surface area (Å²) in [6.07, 6.45) is 5.22.